The quantitative estimate of drug-likeness (QED) is 0.931. The molecule has 0 saturated carbocycles. The Morgan fingerprint density at radius 1 is 1.05 bits per heavy atom. The number of rotatable bonds is 4. The first-order chi connectivity index (χ1) is 9.44. The second-order valence-electron chi connectivity index (χ2n) is 4.17. The zero-order valence-electron chi connectivity index (χ0n) is 11.4. The van der Waals surface area contributed by atoms with Crippen molar-refractivity contribution >= 4 is 15.7 Å². The number of hydrogen-bond donors (Lipinski definition) is 1. The predicted octanol–water partition coefficient (Wildman–Crippen LogP) is 1.90. The zero-order chi connectivity index (χ0) is 14.8. The highest BCUT2D eigenvalue weighted by atomic mass is 32.2. The van der Waals surface area contributed by atoms with E-state index < -0.39 is 10.0 Å². The van der Waals surface area contributed by atoms with Gasteiger partial charge >= 0.3 is 6.01 Å². The van der Waals surface area contributed by atoms with Gasteiger partial charge in [0.05, 0.1) is 29.1 Å². The second-order valence-corrected chi connectivity index (χ2v) is 5.86. The van der Waals surface area contributed by atoms with Gasteiger partial charge in [0, 0.05) is 0 Å². The molecule has 0 saturated heterocycles. The van der Waals surface area contributed by atoms with Crippen molar-refractivity contribution in [3.8, 4) is 6.01 Å². The van der Waals surface area contributed by atoms with Crippen LogP contribution >= 0.6 is 0 Å². The first kappa shape index (κ1) is 14.3. The Hall–Kier alpha value is -2.15. The molecule has 0 fully saturated rings. The van der Waals surface area contributed by atoms with Gasteiger partial charge in [0.25, 0.3) is 10.0 Å². The average Bonchev–Trinajstić information content (AvgIpc) is 2.43. The van der Waals surface area contributed by atoms with Crippen molar-refractivity contribution in [2.24, 2.45) is 0 Å². The minimum absolute atomic E-state index is 0.189. The van der Waals surface area contributed by atoms with E-state index >= 15 is 0 Å². The molecule has 1 aromatic heterocycles. The molecule has 2 rings (SSSR count). The van der Waals surface area contributed by atoms with E-state index in [1.807, 2.05) is 0 Å². The molecule has 0 aliphatic heterocycles. The molecule has 0 atom stereocenters. The Morgan fingerprint density at radius 2 is 1.60 bits per heavy atom. The number of nitrogens with one attached hydrogen (secondary N) is 1. The molecule has 20 heavy (non-hydrogen) atoms. The number of sulfonamides is 1. The van der Waals surface area contributed by atoms with Crippen LogP contribution in [0, 0.1) is 13.8 Å². The maximum absolute atomic E-state index is 12.3. The summed E-state index contributed by atoms with van der Waals surface area (Å²) in [7, 11) is -2.19. The maximum Gasteiger partial charge on any atom is 0.316 e. The van der Waals surface area contributed by atoms with Gasteiger partial charge in [0.15, 0.2) is 0 Å². The monoisotopic (exact) mass is 293 g/mol. The van der Waals surface area contributed by atoms with Gasteiger partial charge in [0.1, 0.15) is 0 Å². The number of nitrogens with zero attached hydrogens (tertiary/aromatic N) is 2. The summed E-state index contributed by atoms with van der Waals surface area (Å²) in [6, 6.07) is 8.35. The van der Waals surface area contributed by atoms with Crippen molar-refractivity contribution in [3.05, 3.63) is 41.7 Å². The molecule has 0 bridgehead atoms. The Kier molecular flexibility index (Phi) is 3.89. The first-order valence-electron chi connectivity index (χ1n) is 5.91. The van der Waals surface area contributed by atoms with E-state index in [1.165, 1.54) is 19.2 Å². The van der Waals surface area contributed by atoms with Crippen molar-refractivity contribution in [1.82, 2.24) is 9.97 Å². The van der Waals surface area contributed by atoms with Crippen molar-refractivity contribution in [1.29, 1.82) is 0 Å². The van der Waals surface area contributed by atoms with E-state index in [0.29, 0.717) is 17.1 Å². The third-order valence-electron chi connectivity index (χ3n) is 2.72. The van der Waals surface area contributed by atoms with Gasteiger partial charge in [-0.15, -0.1) is 0 Å². The summed E-state index contributed by atoms with van der Waals surface area (Å²) in [5.74, 6) is 0. The van der Waals surface area contributed by atoms with Gasteiger partial charge in [-0.25, -0.2) is 8.42 Å². The highest BCUT2D eigenvalue weighted by Crippen LogP contribution is 2.22. The molecule has 0 unspecified atom stereocenters. The van der Waals surface area contributed by atoms with Crippen LogP contribution in [0.4, 0.5) is 5.69 Å². The van der Waals surface area contributed by atoms with Crippen molar-refractivity contribution < 1.29 is 13.2 Å². The van der Waals surface area contributed by atoms with Crippen LogP contribution in [0.25, 0.3) is 0 Å². The number of methoxy groups -OCH3 is 1. The van der Waals surface area contributed by atoms with Crippen molar-refractivity contribution in [3.63, 3.8) is 0 Å². The lowest BCUT2D eigenvalue weighted by molar-refractivity contribution is 0.378. The standard InChI is InChI=1S/C13H15N3O3S/c1-9-12(10(2)15-13(14-9)19-3)16-20(17,18)11-7-5-4-6-8-11/h4-8,16H,1-3H3. The number of benzene rings is 1. The van der Waals surface area contributed by atoms with Crippen LogP contribution in [0.15, 0.2) is 35.2 Å². The third-order valence-corrected chi connectivity index (χ3v) is 4.09. The number of aryl methyl sites for hydroxylation is 2. The van der Waals surface area contributed by atoms with E-state index in [2.05, 4.69) is 14.7 Å². The van der Waals surface area contributed by atoms with Gasteiger partial charge in [0.2, 0.25) is 0 Å². The number of anilines is 1. The smallest absolute Gasteiger partial charge is 0.316 e. The highest BCUT2D eigenvalue weighted by Gasteiger charge is 2.18. The van der Waals surface area contributed by atoms with Gasteiger partial charge in [-0.2, -0.15) is 9.97 Å². The normalized spacial score (nSPS) is 11.2. The summed E-state index contributed by atoms with van der Waals surface area (Å²) < 4.78 is 32.0. The summed E-state index contributed by atoms with van der Waals surface area (Å²) in [5.41, 5.74) is 1.39. The van der Waals surface area contributed by atoms with E-state index in [1.54, 1.807) is 32.0 Å². The number of hydrogen-bond acceptors (Lipinski definition) is 5. The molecule has 0 amide bonds. The number of ether oxygens (including phenoxy) is 1. The minimum atomic E-state index is -3.65. The van der Waals surface area contributed by atoms with Crippen molar-refractivity contribution in [2.75, 3.05) is 11.8 Å². The van der Waals surface area contributed by atoms with Crippen LogP contribution in [0.2, 0.25) is 0 Å². The summed E-state index contributed by atoms with van der Waals surface area (Å²) in [4.78, 5) is 8.33. The fourth-order valence-electron chi connectivity index (χ4n) is 1.72. The lowest BCUT2D eigenvalue weighted by Gasteiger charge is -2.12. The Balaban J connectivity index is 2.40. The molecule has 0 spiro atoms. The molecule has 1 heterocycles. The molecular formula is C13H15N3O3S. The average molecular weight is 293 g/mol. The zero-order valence-corrected chi connectivity index (χ0v) is 12.2. The largest absolute Gasteiger partial charge is 0.467 e. The second kappa shape index (κ2) is 5.46. The van der Waals surface area contributed by atoms with Crippen LogP contribution < -0.4 is 9.46 Å². The molecule has 1 N–H and O–H groups in total. The fourth-order valence-corrected chi connectivity index (χ4v) is 2.91. The molecule has 0 radical (unpaired) electrons. The van der Waals surface area contributed by atoms with Crippen LogP contribution in [0.3, 0.4) is 0 Å². The lowest BCUT2D eigenvalue weighted by atomic mass is 10.3. The molecule has 1 aromatic carbocycles. The van der Waals surface area contributed by atoms with E-state index in [0.717, 1.165) is 0 Å². The first-order valence-corrected chi connectivity index (χ1v) is 7.39. The minimum Gasteiger partial charge on any atom is -0.467 e. The Labute approximate surface area is 117 Å². The van der Waals surface area contributed by atoms with E-state index in [4.69, 9.17) is 4.74 Å². The SMILES string of the molecule is COc1nc(C)c(NS(=O)(=O)c2ccccc2)c(C)n1. The van der Waals surface area contributed by atoms with Crippen LogP contribution in [-0.2, 0) is 10.0 Å². The van der Waals surface area contributed by atoms with Gasteiger partial charge in [-0.05, 0) is 26.0 Å². The van der Waals surface area contributed by atoms with Crippen LogP contribution in [0.5, 0.6) is 6.01 Å². The maximum atomic E-state index is 12.3. The molecule has 6 nitrogen and oxygen atoms in total. The summed E-state index contributed by atoms with van der Waals surface area (Å²) >= 11 is 0. The fraction of sp³-hybridized carbons (Fsp3) is 0.231. The van der Waals surface area contributed by atoms with Crippen LogP contribution in [-0.4, -0.2) is 25.5 Å². The molecule has 2 aromatic rings. The third kappa shape index (κ3) is 2.88. The molecule has 0 aliphatic carbocycles. The van der Waals surface area contributed by atoms with E-state index in [-0.39, 0.29) is 10.9 Å². The summed E-state index contributed by atoms with van der Waals surface area (Å²) in [6.07, 6.45) is 0. The molecule has 106 valence electrons. The van der Waals surface area contributed by atoms with E-state index in [9.17, 15) is 8.42 Å². The van der Waals surface area contributed by atoms with Gasteiger partial charge in [-0.1, -0.05) is 18.2 Å². The lowest BCUT2D eigenvalue weighted by Crippen LogP contribution is -2.16. The molecule has 0 aliphatic rings. The Morgan fingerprint density at radius 3 is 2.10 bits per heavy atom. The Bertz CT molecular complexity index is 692. The summed E-state index contributed by atoms with van der Waals surface area (Å²) in [5, 5.41) is 0. The molecular weight excluding hydrogens is 278 g/mol. The van der Waals surface area contributed by atoms with Gasteiger partial charge in [-0.3, -0.25) is 4.72 Å². The van der Waals surface area contributed by atoms with Gasteiger partial charge < -0.3 is 4.74 Å². The topological polar surface area (TPSA) is 81.2 Å². The van der Waals surface area contributed by atoms with Crippen molar-refractivity contribution in [2.45, 2.75) is 18.7 Å². The predicted molar refractivity (Wildman–Crippen MR) is 75.3 cm³/mol. The highest BCUT2D eigenvalue weighted by molar-refractivity contribution is 7.92. The number of aromatic nitrogens is 2. The van der Waals surface area contributed by atoms with Crippen LogP contribution in [0.1, 0.15) is 11.4 Å². The summed E-state index contributed by atoms with van der Waals surface area (Å²) in [6.45, 7) is 3.39. The molecule has 7 heteroatoms.